The van der Waals surface area contributed by atoms with Gasteiger partial charge in [0.1, 0.15) is 16.7 Å². The van der Waals surface area contributed by atoms with Gasteiger partial charge in [-0.3, -0.25) is 68.0 Å². The first-order valence-corrected chi connectivity index (χ1v) is 49.0. The molecule has 752 valence electrons. The summed E-state index contributed by atoms with van der Waals surface area (Å²) >= 11 is 0. The standard InChI is InChI=1S/C30H36N6O3.C27H30N6O4.C26H27N5O4.C25H28N6O3/c1-20-17-25-26(18-24(20)33-23-11-6-7-12-23)36(29-28(34-25)30(39)32-21(2)31-29)16-15-35(14-8-13-27(37)38)19-22-9-4-3-5-10-22;1-17-14-21-22(15-20(17)28-19-9-10-19)33(25-24(29-21)26(36)31-27(37)30-25)13-12-32(11-5-8-23(34)35)16-18-6-3-2-4-7-18;1-16-14-20-21(15-17(16)2)31(23-22(27-20)24(33)29-26(35)28-23)13-12-30(11-7-8-18(3)32)25(34)19-9-5-4-6-10-19;1-16-12-20-21(13-17(16)2)31(24-23(29-20)25(34)28-18(3)27-24)11-10-30(9-5-7-22(32)33)15-19-6-4-8-26-14-19/h3-5,9-10,17-18,23,33H,2,6-8,11-16,19H2,1H3,(H,32,39)(H,37,38);2-4,6-7,14-15,19,28H,5,8-13,16H2,1H3,(H,34,35)(H,31,36,37);4-6,9-10,14-15H,7-8,11-13H2,1-3H3,(H,29,33,35);4,6,8,12-14H,3,5,7,9-11,15H2,1-2H3,(H,28,34)(H,32,33). The van der Waals surface area contributed by atoms with Gasteiger partial charge >= 0.3 is 29.3 Å². The van der Waals surface area contributed by atoms with Crippen LogP contribution >= 0.6 is 0 Å². The van der Waals surface area contributed by atoms with Gasteiger partial charge in [0.2, 0.25) is 0 Å². The molecule has 9 N–H and O–H groups in total. The van der Waals surface area contributed by atoms with Gasteiger partial charge in [0.15, 0.2) is 45.4 Å². The fraction of sp³-hybridized carbons (Fsp3) is 0.352. The summed E-state index contributed by atoms with van der Waals surface area (Å²) in [6, 6.07) is 50.0. The van der Waals surface area contributed by atoms with Gasteiger partial charge in [-0.25, -0.2) is 39.5 Å². The highest BCUT2D eigenvalue weighted by molar-refractivity contribution is 5.94. The number of carboxylic acid groups (broad SMARTS) is 3. The van der Waals surface area contributed by atoms with E-state index < -0.39 is 40.4 Å². The van der Waals surface area contributed by atoms with Crippen molar-refractivity contribution in [2.45, 2.75) is 183 Å². The predicted octanol–water partition coefficient (Wildman–Crippen LogP) is 11.1. The van der Waals surface area contributed by atoms with Crippen LogP contribution in [0.5, 0.6) is 0 Å². The molecule has 0 saturated heterocycles. The van der Waals surface area contributed by atoms with Crippen molar-refractivity contribution < 1.29 is 39.3 Å². The molecule has 7 aromatic carbocycles. The summed E-state index contributed by atoms with van der Waals surface area (Å²) in [6.45, 7) is 29.5. The van der Waals surface area contributed by atoms with E-state index in [1.165, 1.54) is 32.6 Å². The molecule has 145 heavy (non-hydrogen) atoms. The normalized spacial score (nSPS) is 13.0. The van der Waals surface area contributed by atoms with Crippen molar-refractivity contribution in [2.75, 3.05) is 85.9 Å². The molecule has 0 atom stereocenters. The fourth-order valence-corrected chi connectivity index (χ4v) is 18.2. The summed E-state index contributed by atoms with van der Waals surface area (Å²) in [7, 11) is 0. The third-order valence-electron chi connectivity index (χ3n) is 26.2. The lowest BCUT2D eigenvalue weighted by Crippen LogP contribution is -2.44. The molecule has 9 heterocycles. The van der Waals surface area contributed by atoms with Gasteiger partial charge in [0, 0.05) is 146 Å². The molecule has 0 radical (unpaired) electrons. The number of amides is 1. The number of fused-ring (bicyclic) bond motifs is 8. The number of nitrogens with one attached hydrogen (secondary N) is 6. The van der Waals surface area contributed by atoms with Crippen molar-refractivity contribution in [3.63, 3.8) is 0 Å². The van der Waals surface area contributed by atoms with Gasteiger partial charge in [-0.1, -0.05) is 111 Å². The third-order valence-corrected chi connectivity index (χ3v) is 26.2. The number of carboxylic acids is 3. The smallest absolute Gasteiger partial charge is 0.349 e. The molecule has 10 aromatic rings. The molecule has 3 aromatic heterocycles. The maximum atomic E-state index is 13.3. The number of H-pyrrole nitrogens is 4. The molecule has 2 fully saturated rings. The number of carbonyl (C=O) groups excluding carboxylic acids is 2. The largest absolute Gasteiger partial charge is 0.481 e. The van der Waals surface area contributed by atoms with Crippen LogP contribution in [-0.4, -0.2) is 206 Å². The van der Waals surface area contributed by atoms with E-state index in [2.05, 4.69) is 134 Å². The lowest BCUT2D eigenvalue weighted by atomic mass is 10.1. The summed E-state index contributed by atoms with van der Waals surface area (Å²) < 4.78 is 3.66. The predicted molar refractivity (Wildman–Crippen MR) is 557 cm³/mol. The fourth-order valence-electron chi connectivity index (χ4n) is 18.2. The molecular formula is C108H121N23O14. The number of aliphatic carboxylic acids is 3. The highest BCUT2D eigenvalue weighted by Crippen LogP contribution is 2.41. The average Bonchev–Trinajstić information content (AvgIpc) is 1.09. The van der Waals surface area contributed by atoms with Gasteiger partial charge in [-0.05, 0) is 236 Å². The van der Waals surface area contributed by atoms with Crippen molar-refractivity contribution in [1.82, 2.24) is 83.6 Å². The summed E-state index contributed by atoms with van der Waals surface area (Å²) in [5.41, 5.74) is 15.8. The van der Waals surface area contributed by atoms with E-state index in [9.17, 15) is 57.8 Å². The molecular weight excluding hydrogens is 1840 g/mol. The Labute approximate surface area is 834 Å². The SMILES string of the molecule is C=c1nc2c(c(=O)[nH]1)=Nc1cc(C)c(C)cc1N2CCN(CCCC(=O)O)Cc1cccnc1.C=c1nc2c(c(=O)[nH]1)=Nc1cc(C)c(NC3CCCC3)cc1N2CCN(CCCC(=O)O)Cc1ccccc1.CC(=O)CCCN(CCn1c2nc(=O)[nH]c(=O)c-2nc2cc(C)c(C)cc21)C(=O)c1ccccc1.Cc1cc2nc3c(=O)[nH]c(=O)nc-3n(CCN(CCCC(=O)O)Cc3ccccc3)c2cc1NC1CC1. The Morgan fingerprint density at radius 2 is 0.834 bits per heavy atom. The minimum Gasteiger partial charge on any atom is -0.481 e. The Bertz CT molecular complexity index is 7660. The lowest BCUT2D eigenvalue weighted by Gasteiger charge is -2.32. The average molecular weight is 1970 g/mol. The minimum atomic E-state index is -0.822. The number of ketones is 1. The summed E-state index contributed by atoms with van der Waals surface area (Å²) in [5.74, 6) is -1.11. The topological polar surface area (TPSA) is 480 Å². The number of hydrogen-bond acceptors (Lipinski definition) is 27. The van der Waals surface area contributed by atoms with E-state index in [1.54, 1.807) is 39.9 Å². The van der Waals surface area contributed by atoms with E-state index in [4.69, 9.17) is 15.2 Å². The molecule has 8 aliphatic rings. The molecule has 18 rings (SSSR count). The summed E-state index contributed by atoms with van der Waals surface area (Å²) in [6.07, 6.45) is 13.5. The molecule has 2 saturated carbocycles. The van der Waals surface area contributed by atoms with Crippen LogP contribution in [0.4, 0.5) is 45.8 Å². The van der Waals surface area contributed by atoms with Crippen molar-refractivity contribution >= 4 is 111 Å². The minimum absolute atomic E-state index is 0.0647. The molecule has 2 aliphatic carbocycles. The van der Waals surface area contributed by atoms with E-state index >= 15 is 0 Å². The van der Waals surface area contributed by atoms with Crippen LogP contribution in [0, 0.1) is 41.5 Å². The quantitative estimate of drug-likeness (QED) is 0.0162. The Morgan fingerprint density at radius 3 is 1.32 bits per heavy atom. The molecule has 1 amide bonds. The van der Waals surface area contributed by atoms with Crippen molar-refractivity contribution in [1.29, 1.82) is 0 Å². The molecule has 0 spiro atoms. The van der Waals surface area contributed by atoms with E-state index in [0.717, 1.165) is 103 Å². The lowest BCUT2D eigenvalue weighted by molar-refractivity contribution is -0.138. The second kappa shape index (κ2) is 47.7. The molecule has 37 heteroatoms. The number of Topliss-reactive ketones (excluding diaryl/α,β-unsaturated/α-hetero) is 1. The maximum Gasteiger partial charge on any atom is 0.349 e. The first kappa shape index (κ1) is 103. The van der Waals surface area contributed by atoms with Crippen LogP contribution in [0.2, 0.25) is 0 Å². The van der Waals surface area contributed by atoms with Crippen molar-refractivity contribution in [2.24, 2.45) is 9.98 Å². The van der Waals surface area contributed by atoms with Crippen LogP contribution in [-0.2, 0) is 51.9 Å². The maximum absolute atomic E-state index is 13.3. The second-order valence-corrected chi connectivity index (χ2v) is 37.3. The highest BCUT2D eigenvalue weighted by Gasteiger charge is 2.31. The number of rotatable bonds is 39. The first-order chi connectivity index (χ1) is 69.8. The second-order valence-electron chi connectivity index (χ2n) is 37.3. The zero-order chi connectivity index (χ0) is 103. The monoisotopic (exact) mass is 1960 g/mol. The number of aromatic nitrogens is 13. The number of pyridine rings is 1. The number of carbonyl (C=O) groups is 5. The number of benzene rings is 7. The van der Waals surface area contributed by atoms with Crippen LogP contribution in [0.1, 0.15) is 157 Å². The van der Waals surface area contributed by atoms with Gasteiger partial charge in [0.25, 0.3) is 28.1 Å². The van der Waals surface area contributed by atoms with Crippen molar-refractivity contribution in [3.05, 3.63) is 304 Å². The zero-order valence-electron chi connectivity index (χ0n) is 82.6. The third kappa shape index (κ3) is 27.1. The number of anilines is 6. The Balaban J connectivity index is 0.000000145. The molecule has 0 bridgehead atoms. The number of hydrogen-bond donors (Lipinski definition) is 9. The zero-order valence-corrected chi connectivity index (χ0v) is 82.6. The van der Waals surface area contributed by atoms with Gasteiger partial charge in [-0.2, -0.15) is 9.97 Å². The summed E-state index contributed by atoms with van der Waals surface area (Å²) in [5, 5.41) is 35.2. The van der Waals surface area contributed by atoms with Crippen LogP contribution in [0.15, 0.2) is 203 Å². The number of aromatic amines is 4. The van der Waals surface area contributed by atoms with Crippen molar-refractivity contribution in [3.8, 4) is 23.0 Å². The van der Waals surface area contributed by atoms with Gasteiger partial charge < -0.3 is 64.5 Å². The van der Waals surface area contributed by atoms with E-state index in [0.29, 0.717) is 175 Å². The van der Waals surface area contributed by atoms with Crippen LogP contribution in [0.25, 0.3) is 58.3 Å². The van der Waals surface area contributed by atoms with E-state index in [1.807, 2.05) is 153 Å². The van der Waals surface area contributed by atoms with Gasteiger partial charge in [0.05, 0.1) is 44.8 Å². The van der Waals surface area contributed by atoms with Crippen LogP contribution in [0.3, 0.4) is 0 Å². The highest BCUT2D eigenvalue weighted by atomic mass is 16.4. The molecule has 0 unspecified atom stereocenters. The van der Waals surface area contributed by atoms with E-state index in [-0.39, 0.29) is 87.8 Å². The molecule has 6 aliphatic heterocycles. The number of aryl methyl sites for hydroxylation is 6. The Hall–Kier alpha value is -16.0. The first-order valence-electron chi connectivity index (χ1n) is 49.0. The van der Waals surface area contributed by atoms with Gasteiger partial charge in [-0.15, -0.1) is 0 Å². The Kier molecular flexibility index (Phi) is 34.0. The Morgan fingerprint density at radius 1 is 0.421 bits per heavy atom. The summed E-state index contributed by atoms with van der Waals surface area (Å²) in [4.78, 5) is 195. The molecule has 37 nitrogen and oxygen atoms in total. The van der Waals surface area contributed by atoms with Crippen LogP contribution < -0.4 is 75.7 Å². The number of nitrogens with zero attached hydrogens (tertiary/aromatic N) is 17.